The first-order chi connectivity index (χ1) is 42.1. The van der Waals surface area contributed by atoms with Gasteiger partial charge in [-0.05, 0) is 91.9 Å². The third-order valence-corrected chi connectivity index (χ3v) is 20.6. The first-order valence-electron chi connectivity index (χ1n) is 31.0. The predicted octanol–water partition coefficient (Wildman–Crippen LogP) is 7.61. The number of hydrogen-bond donors (Lipinski definition) is 3. The SMILES string of the molecule is CCC1=C[C@@H]2CN(C1)[C@H](CN1CCC[C@H]1C(=O)N[C@@H](CC(=O)OCc1ccccc1)C(=O)OCc1ccccc1)Cc1c([nH]c3ccccc13)[C@H](OC)[C@H]2c1cc2c(cc1OC)N(C)[C@H]1[C@@](O)(C(=O)OC)[C@H](OC(C)=O)[C@]3(CC)C=CCN4CC[C@]21[C@@H]43. The maximum atomic E-state index is 14.9. The Morgan fingerprint density at radius 3 is 2.29 bits per heavy atom. The second-order valence-electron chi connectivity index (χ2n) is 25.0. The number of aliphatic hydroxyl groups is 1. The highest BCUT2D eigenvalue weighted by molar-refractivity contribution is 5.91. The quantitative estimate of drug-likeness (QED) is 0.0439. The molecule has 4 aromatic carbocycles. The molecule has 1 unspecified atom stereocenters. The molecule has 12 rings (SSSR count). The number of carbonyl (C=O) groups is 5. The summed E-state index contributed by atoms with van der Waals surface area (Å²) in [5.74, 6) is -3.01. The number of aromatic amines is 1. The van der Waals surface area contributed by atoms with Crippen LogP contribution in [0.4, 0.5) is 5.69 Å². The van der Waals surface area contributed by atoms with E-state index in [2.05, 4.69) is 80.5 Å². The van der Waals surface area contributed by atoms with E-state index in [1.54, 1.807) is 14.2 Å². The van der Waals surface area contributed by atoms with E-state index >= 15 is 0 Å². The molecule has 87 heavy (non-hydrogen) atoms. The molecular weight excluding hydrogens is 1100 g/mol. The van der Waals surface area contributed by atoms with Crippen LogP contribution in [0, 0.1) is 11.3 Å². The molecule has 1 saturated carbocycles. The fraction of sp³-hybridized carbons (Fsp3) is 0.493. The van der Waals surface area contributed by atoms with Crippen molar-refractivity contribution in [3.63, 3.8) is 0 Å². The van der Waals surface area contributed by atoms with Crippen molar-refractivity contribution in [2.24, 2.45) is 11.3 Å². The monoisotopic (exact) mass is 1190 g/mol. The molecule has 2 bridgehead atoms. The summed E-state index contributed by atoms with van der Waals surface area (Å²) in [7, 11) is 6.66. The highest BCUT2D eigenvalue weighted by atomic mass is 16.6. The van der Waals surface area contributed by atoms with E-state index < -0.39 is 77.1 Å². The Labute approximate surface area is 509 Å². The van der Waals surface area contributed by atoms with E-state index in [0.717, 1.165) is 62.9 Å². The van der Waals surface area contributed by atoms with E-state index in [1.165, 1.54) is 19.6 Å². The molecule has 1 aliphatic carbocycles. The average molecular weight is 1190 g/mol. The molecule has 3 fully saturated rings. The van der Waals surface area contributed by atoms with E-state index in [1.807, 2.05) is 85.6 Å². The van der Waals surface area contributed by atoms with Gasteiger partial charge in [0.05, 0.1) is 32.7 Å². The van der Waals surface area contributed by atoms with Crippen molar-refractivity contribution in [1.29, 1.82) is 0 Å². The van der Waals surface area contributed by atoms with Gasteiger partial charge in [-0.2, -0.15) is 0 Å². The third kappa shape index (κ3) is 10.3. The van der Waals surface area contributed by atoms with Crippen molar-refractivity contribution in [3.8, 4) is 5.75 Å². The van der Waals surface area contributed by atoms with Gasteiger partial charge >= 0.3 is 23.9 Å². The van der Waals surface area contributed by atoms with Crippen molar-refractivity contribution in [1.82, 2.24) is 25.0 Å². The van der Waals surface area contributed by atoms with E-state index in [4.69, 9.17) is 28.4 Å². The number of rotatable bonds is 18. The second kappa shape index (κ2) is 24.3. The van der Waals surface area contributed by atoms with Gasteiger partial charge < -0.3 is 48.7 Å². The molecule has 7 heterocycles. The number of likely N-dealkylation sites (N-methyl/N-ethyl adjacent to an activating group) is 1. The first-order valence-corrected chi connectivity index (χ1v) is 31.0. The number of benzene rings is 4. The Morgan fingerprint density at radius 1 is 0.874 bits per heavy atom. The van der Waals surface area contributed by atoms with E-state index in [0.29, 0.717) is 70.7 Å². The fourth-order valence-electron chi connectivity index (χ4n) is 16.9. The summed E-state index contributed by atoms with van der Waals surface area (Å²) in [6.45, 7) is 9.45. The van der Waals surface area contributed by atoms with Crippen LogP contribution in [-0.4, -0.2) is 164 Å². The van der Waals surface area contributed by atoms with E-state index in [9.17, 15) is 29.1 Å². The Hall–Kier alpha value is -7.35. The Morgan fingerprint density at radius 2 is 1.60 bits per heavy atom. The van der Waals surface area contributed by atoms with Crippen LogP contribution in [0.15, 0.2) is 121 Å². The number of methoxy groups -OCH3 is 3. The van der Waals surface area contributed by atoms with Gasteiger partial charge in [-0.3, -0.25) is 29.1 Å². The summed E-state index contributed by atoms with van der Waals surface area (Å²) in [5, 5.41) is 17.6. The van der Waals surface area contributed by atoms with Crippen molar-refractivity contribution < 1.29 is 57.5 Å². The highest BCUT2D eigenvalue weighted by Gasteiger charge is 2.80. The zero-order chi connectivity index (χ0) is 60.9. The summed E-state index contributed by atoms with van der Waals surface area (Å²) in [4.78, 5) is 83.5. The lowest BCUT2D eigenvalue weighted by molar-refractivity contribution is -0.228. The van der Waals surface area contributed by atoms with Gasteiger partial charge in [-0.15, -0.1) is 0 Å². The predicted molar refractivity (Wildman–Crippen MR) is 327 cm³/mol. The molecule has 6 aliphatic heterocycles. The van der Waals surface area contributed by atoms with Crippen molar-refractivity contribution in [2.45, 2.75) is 138 Å². The number of anilines is 1. The molecule has 1 aromatic heterocycles. The van der Waals surface area contributed by atoms with Gasteiger partial charge in [-0.25, -0.2) is 9.59 Å². The molecule has 3 N–H and O–H groups in total. The minimum atomic E-state index is -2.29. The fourth-order valence-corrected chi connectivity index (χ4v) is 16.9. The van der Waals surface area contributed by atoms with Crippen molar-refractivity contribution >= 4 is 46.4 Å². The van der Waals surface area contributed by atoms with Crippen LogP contribution in [0.5, 0.6) is 5.75 Å². The molecule has 5 aromatic rings. The van der Waals surface area contributed by atoms with Crippen LogP contribution in [-0.2, 0) is 72.7 Å². The third-order valence-electron chi connectivity index (χ3n) is 20.6. The molecule has 18 heteroatoms. The smallest absolute Gasteiger partial charge is 0.344 e. The number of hydrogen-bond acceptors (Lipinski definition) is 16. The van der Waals surface area contributed by atoms with Gasteiger partial charge in [0.25, 0.3) is 0 Å². The number of esters is 4. The lowest BCUT2D eigenvalue weighted by Crippen LogP contribution is -2.81. The Bertz CT molecular complexity index is 3480. The number of fused-ring (bicyclic) bond motifs is 6. The molecule has 7 aliphatic rings. The van der Waals surface area contributed by atoms with Gasteiger partial charge in [0.15, 0.2) is 6.10 Å². The lowest BCUT2D eigenvalue weighted by atomic mass is 9.47. The number of H-pyrrole nitrogens is 1. The van der Waals surface area contributed by atoms with Gasteiger partial charge in [0.1, 0.15) is 31.1 Å². The number of nitrogens with zero attached hydrogens (tertiary/aromatic N) is 4. The normalized spacial score (nSPS) is 30.1. The number of carbonyl (C=O) groups excluding carboxylic acids is 5. The standard InChI is InChI=1S/C69H82N6O12/c1-8-43-32-46-38-75(37-43)47(39-74-29-18-26-54(74)61(78)71-53(62(79)86-41-45-22-14-11-15-23-45)35-57(77)85-40-44-20-12-10-13-21-44)33-49-48-24-16-17-25-52(48)70-59(49)60(83-6)58(46)50-34-51-55(36-56(50)82-5)72(4)64-68(51)28-31-73-30-19-27-67(9-2,63(68)73)65(87-42(3)76)69(64,81)66(80)84-7/h10-17,19-25,27,32,34,36,46-47,53-54,58,60,63-65,70,81H,8-9,18,26,28-31,33,35,37-41H2,1-7H3,(H,71,78)/t46-,47+,53+,54+,58-,60-,63+,64-,65-,67-,68-,69+/m1/s1. The Kier molecular flexibility index (Phi) is 16.8. The summed E-state index contributed by atoms with van der Waals surface area (Å²) in [6.07, 6.45) is 8.25. The number of aromatic nitrogens is 1. The number of amides is 1. The first kappa shape index (κ1) is 60.0. The van der Waals surface area contributed by atoms with Gasteiger partial charge in [0, 0.05) is 110 Å². The summed E-state index contributed by atoms with van der Waals surface area (Å²) < 4.78 is 36.8. The molecule has 460 valence electrons. The van der Waals surface area contributed by atoms with Crippen LogP contribution in [0.25, 0.3) is 10.9 Å². The maximum Gasteiger partial charge on any atom is 0.344 e. The Balaban J connectivity index is 0.913. The zero-order valence-electron chi connectivity index (χ0n) is 51.0. The molecule has 13 atom stereocenters. The average Bonchev–Trinajstić information content (AvgIpc) is 1.58. The minimum absolute atomic E-state index is 0.0221. The van der Waals surface area contributed by atoms with Crippen LogP contribution < -0.4 is 15.0 Å². The van der Waals surface area contributed by atoms with Crippen molar-refractivity contribution in [3.05, 3.63) is 154 Å². The summed E-state index contributed by atoms with van der Waals surface area (Å²) in [6, 6.07) is 28.2. The molecule has 18 nitrogen and oxygen atoms in total. The van der Waals surface area contributed by atoms with Crippen LogP contribution in [0.3, 0.4) is 0 Å². The number of nitrogens with one attached hydrogen (secondary N) is 2. The maximum absolute atomic E-state index is 14.9. The molecular formula is C69H82N6O12. The summed E-state index contributed by atoms with van der Waals surface area (Å²) >= 11 is 0. The number of ether oxygens (including phenoxy) is 6. The molecule has 2 saturated heterocycles. The molecule has 1 spiro atoms. The minimum Gasteiger partial charge on any atom is -0.496 e. The van der Waals surface area contributed by atoms with Crippen LogP contribution in [0.2, 0.25) is 0 Å². The molecule has 1 amide bonds. The van der Waals surface area contributed by atoms with E-state index in [-0.39, 0.29) is 43.0 Å². The summed E-state index contributed by atoms with van der Waals surface area (Å²) in [5.41, 5.74) is 4.49. The second-order valence-corrected chi connectivity index (χ2v) is 25.0. The number of likely N-dealkylation sites (tertiary alicyclic amines) is 1. The largest absolute Gasteiger partial charge is 0.496 e. The topological polar surface area (TPSA) is 202 Å². The lowest BCUT2D eigenvalue weighted by Gasteiger charge is -2.63. The van der Waals surface area contributed by atoms with Gasteiger partial charge in [0.2, 0.25) is 11.5 Å². The van der Waals surface area contributed by atoms with Crippen LogP contribution in [0.1, 0.15) is 105 Å². The molecule has 0 radical (unpaired) electrons. The van der Waals surface area contributed by atoms with Crippen LogP contribution >= 0.6 is 0 Å². The van der Waals surface area contributed by atoms with Crippen molar-refractivity contribution in [2.75, 3.05) is 72.5 Å². The zero-order valence-corrected chi connectivity index (χ0v) is 51.0. The number of para-hydroxylation sites is 1. The highest BCUT2D eigenvalue weighted by Crippen LogP contribution is 2.68. The van der Waals surface area contributed by atoms with Gasteiger partial charge in [-0.1, -0.05) is 117 Å².